The third-order valence-electron chi connectivity index (χ3n) is 4.18. The van der Waals surface area contributed by atoms with Gasteiger partial charge in [-0.2, -0.15) is 0 Å². The molecule has 0 unspecified atom stereocenters. The summed E-state index contributed by atoms with van der Waals surface area (Å²) in [5.41, 5.74) is 1.97. The van der Waals surface area contributed by atoms with Gasteiger partial charge in [0.1, 0.15) is 5.75 Å². The molecule has 0 spiro atoms. The number of nitrogens with one attached hydrogen (secondary N) is 2. The summed E-state index contributed by atoms with van der Waals surface area (Å²) >= 11 is 0. The number of para-hydroxylation sites is 2. The minimum Gasteiger partial charge on any atom is -0.481 e. The molecule has 1 atom stereocenters. The normalized spacial score (nSPS) is 11.7. The van der Waals surface area contributed by atoms with Crippen LogP contribution in [0.3, 0.4) is 0 Å². The van der Waals surface area contributed by atoms with Crippen LogP contribution in [0.1, 0.15) is 56.0 Å². The predicted octanol–water partition coefficient (Wildman–Crippen LogP) is 4.36. The lowest BCUT2D eigenvalue weighted by atomic mass is 10.0. The number of ether oxygens (including phenoxy) is 1. The molecule has 0 heterocycles. The van der Waals surface area contributed by atoms with Gasteiger partial charge in [0.25, 0.3) is 11.8 Å². The van der Waals surface area contributed by atoms with Crippen molar-refractivity contribution < 1.29 is 14.3 Å². The van der Waals surface area contributed by atoms with Crippen molar-refractivity contribution in [3.63, 3.8) is 0 Å². The second kappa shape index (κ2) is 9.76. The lowest BCUT2D eigenvalue weighted by Crippen LogP contribution is -2.32. The maximum atomic E-state index is 12.6. The van der Waals surface area contributed by atoms with Gasteiger partial charge in [0.15, 0.2) is 6.10 Å². The molecule has 2 aromatic carbocycles. The number of carbonyl (C=O) groups is 2. The maximum Gasteiger partial charge on any atom is 0.265 e. The smallest absolute Gasteiger partial charge is 0.265 e. The number of anilines is 1. The second-order valence-corrected chi connectivity index (χ2v) is 6.74. The predicted molar refractivity (Wildman–Crippen MR) is 108 cm³/mol. The Labute approximate surface area is 161 Å². The minimum atomic E-state index is -0.698. The van der Waals surface area contributed by atoms with Gasteiger partial charge in [-0.1, -0.05) is 51.1 Å². The number of amides is 2. The molecule has 0 bridgehead atoms. The monoisotopic (exact) mass is 368 g/mol. The lowest BCUT2D eigenvalue weighted by molar-refractivity contribution is -0.122. The Balaban J connectivity index is 2.10. The van der Waals surface area contributed by atoms with Gasteiger partial charge in [-0.25, -0.2) is 0 Å². The quantitative estimate of drug-likeness (QED) is 0.728. The number of hydrogen-bond donors (Lipinski definition) is 2. The molecule has 2 rings (SSSR count). The summed E-state index contributed by atoms with van der Waals surface area (Å²) in [6, 6.07) is 14.7. The molecule has 0 aliphatic carbocycles. The molecule has 5 nitrogen and oxygen atoms in total. The fraction of sp³-hybridized carbons (Fsp3) is 0.364. The van der Waals surface area contributed by atoms with Crippen LogP contribution in [0.5, 0.6) is 5.75 Å². The zero-order valence-corrected chi connectivity index (χ0v) is 16.4. The van der Waals surface area contributed by atoms with E-state index < -0.39 is 6.10 Å². The van der Waals surface area contributed by atoms with Crippen molar-refractivity contribution in [2.45, 2.75) is 46.1 Å². The molecule has 0 aliphatic rings. The summed E-state index contributed by atoms with van der Waals surface area (Å²) in [6.07, 6.45) is 0.150. The van der Waals surface area contributed by atoms with Crippen LogP contribution >= 0.6 is 0 Å². The van der Waals surface area contributed by atoms with Gasteiger partial charge >= 0.3 is 0 Å². The molecule has 0 saturated heterocycles. The topological polar surface area (TPSA) is 67.4 Å². The van der Waals surface area contributed by atoms with Crippen molar-refractivity contribution in [2.75, 3.05) is 11.9 Å². The first-order valence-corrected chi connectivity index (χ1v) is 9.37. The fourth-order valence-electron chi connectivity index (χ4n) is 2.67. The molecular formula is C22H28N2O3. The van der Waals surface area contributed by atoms with Crippen LogP contribution < -0.4 is 15.4 Å². The van der Waals surface area contributed by atoms with Crippen LogP contribution in [0.2, 0.25) is 0 Å². The Hall–Kier alpha value is -2.82. The highest BCUT2D eigenvalue weighted by molar-refractivity contribution is 6.04. The summed E-state index contributed by atoms with van der Waals surface area (Å²) in [4.78, 5) is 24.9. The van der Waals surface area contributed by atoms with Gasteiger partial charge in [-0.3, -0.25) is 9.59 Å². The molecule has 27 heavy (non-hydrogen) atoms. The van der Waals surface area contributed by atoms with Crippen LogP contribution in [0.4, 0.5) is 5.69 Å². The first kappa shape index (κ1) is 20.5. The Bertz CT molecular complexity index is 787. The Morgan fingerprint density at radius 2 is 1.67 bits per heavy atom. The summed E-state index contributed by atoms with van der Waals surface area (Å²) < 4.78 is 5.89. The van der Waals surface area contributed by atoms with Crippen LogP contribution in [-0.4, -0.2) is 24.5 Å². The van der Waals surface area contributed by atoms with Gasteiger partial charge < -0.3 is 15.4 Å². The molecule has 5 heteroatoms. The number of hydrogen-bond acceptors (Lipinski definition) is 3. The van der Waals surface area contributed by atoms with Crippen molar-refractivity contribution in [3.8, 4) is 5.75 Å². The zero-order valence-electron chi connectivity index (χ0n) is 16.4. The molecule has 0 aromatic heterocycles. The van der Waals surface area contributed by atoms with Crippen molar-refractivity contribution in [3.05, 3.63) is 59.7 Å². The van der Waals surface area contributed by atoms with E-state index in [2.05, 4.69) is 24.5 Å². The molecule has 2 N–H and O–H groups in total. The Kier molecular flexibility index (Phi) is 7.41. The summed E-state index contributed by atoms with van der Waals surface area (Å²) in [5.74, 6) is 0.486. The van der Waals surface area contributed by atoms with E-state index in [4.69, 9.17) is 4.74 Å². The SMILES string of the molecule is CCCNC(=O)c1ccccc1NC(=O)[C@H](C)Oc1ccccc1C(C)C. The molecule has 0 radical (unpaired) electrons. The van der Waals surface area contributed by atoms with Gasteiger partial charge in [-0.15, -0.1) is 0 Å². The van der Waals surface area contributed by atoms with Gasteiger partial charge in [-0.05, 0) is 43.0 Å². The average molecular weight is 368 g/mol. The molecule has 0 fully saturated rings. The molecule has 2 aromatic rings. The van der Waals surface area contributed by atoms with E-state index in [-0.39, 0.29) is 11.8 Å². The van der Waals surface area contributed by atoms with E-state index in [9.17, 15) is 9.59 Å². The number of rotatable bonds is 8. The van der Waals surface area contributed by atoms with E-state index in [1.54, 1.807) is 31.2 Å². The highest BCUT2D eigenvalue weighted by Crippen LogP contribution is 2.27. The van der Waals surface area contributed by atoms with Crippen LogP contribution in [0.25, 0.3) is 0 Å². The lowest BCUT2D eigenvalue weighted by Gasteiger charge is -2.19. The van der Waals surface area contributed by atoms with Crippen molar-refractivity contribution in [1.82, 2.24) is 5.32 Å². The fourth-order valence-corrected chi connectivity index (χ4v) is 2.67. The molecular weight excluding hydrogens is 340 g/mol. The van der Waals surface area contributed by atoms with Crippen LogP contribution in [0.15, 0.2) is 48.5 Å². The van der Waals surface area contributed by atoms with Gasteiger partial charge in [0.05, 0.1) is 11.3 Å². The highest BCUT2D eigenvalue weighted by atomic mass is 16.5. The van der Waals surface area contributed by atoms with Crippen LogP contribution in [0, 0.1) is 0 Å². The van der Waals surface area contributed by atoms with Crippen molar-refractivity contribution in [2.24, 2.45) is 0 Å². The van der Waals surface area contributed by atoms with E-state index in [1.165, 1.54) is 0 Å². The first-order valence-electron chi connectivity index (χ1n) is 9.37. The average Bonchev–Trinajstić information content (AvgIpc) is 2.66. The summed E-state index contributed by atoms with van der Waals surface area (Å²) in [5, 5.41) is 5.64. The molecule has 2 amide bonds. The highest BCUT2D eigenvalue weighted by Gasteiger charge is 2.19. The van der Waals surface area contributed by atoms with E-state index in [0.29, 0.717) is 29.5 Å². The third-order valence-corrected chi connectivity index (χ3v) is 4.18. The number of benzene rings is 2. The maximum absolute atomic E-state index is 12.6. The largest absolute Gasteiger partial charge is 0.481 e. The molecule has 0 aliphatic heterocycles. The summed E-state index contributed by atoms with van der Waals surface area (Å²) in [6.45, 7) is 8.44. The summed E-state index contributed by atoms with van der Waals surface area (Å²) in [7, 11) is 0. The van der Waals surface area contributed by atoms with Gasteiger partial charge in [0.2, 0.25) is 0 Å². The standard InChI is InChI=1S/C22H28N2O3/c1-5-14-23-22(26)18-11-6-8-12-19(18)24-21(25)16(4)27-20-13-9-7-10-17(20)15(2)3/h6-13,15-16H,5,14H2,1-4H3,(H,23,26)(H,24,25)/t16-/m0/s1. The molecule has 0 saturated carbocycles. The second-order valence-electron chi connectivity index (χ2n) is 6.74. The molecule has 144 valence electrons. The van der Waals surface area contributed by atoms with Crippen LogP contribution in [-0.2, 0) is 4.79 Å². The van der Waals surface area contributed by atoms with Gasteiger partial charge in [0, 0.05) is 6.54 Å². The number of carbonyl (C=O) groups excluding carboxylic acids is 2. The van der Waals surface area contributed by atoms with Crippen molar-refractivity contribution in [1.29, 1.82) is 0 Å². The van der Waals surface area contributed by atoms with E-state index in [1.807, 2.05) is 31.2 Å². The Morgan fingerprint density at radius 1 is 1.00 bits per heavy atom. The zero-order chi connectivity index (χ0) is 19.8. The minimum absolute atomic E-state index is 0.202. The Morgan fingerprint density at radius 3 is 2.37 bits per heavy atom. The van der Waals surface area contributed by atoms with E-state index >= 15 is 0 Å². The van der Waals surface area contributed by atoms with E-state index in [0.717, 1.165) is 12.0 Å². The third kappa shape index (κ3) is 5.58. The first-order chi connectivity index (χ1) is 12.9. The van der Waals surface area contributed by atoms with Crippen molar-refractivity contribution >= 4 is 17.5 Å².